The van der Waals surface area contributed by atoms with E-state index in [1.54, 1.807) is 6.07 Å². The van der Waals surface area contributed by atoms with E-state index in [9.17, 15) is 8.42 Å². The van der Waals surface area contributed by atoms with Crippen LogP contribution < -0.4 is 10.0 Å². The number of benzene rings is 1. The summed E-state index contributed by atoms with van der Waals surface area (Å²) in [5.74, 6) is 0. The van der Waals surface area contributed by atoms with Crippen molar-refractivity contribution in [3.63, 3.8) is 0 Å². The highest BCUT2D eigenvalue weighted by molar-refractivity contribution is 7.89. The normalized spacial score (nSPS) is 20.8. The Morgan fingerprint density at radius 3 is 2.81 bits per heavy atom. The van der Waals surface area contributed by atoms with Crippen molar-refractivity contribution in [1.82, 2.24) is 9.62 Å². The number of nitrogens with zero attached hydrogens (tertiary/aromatic N) is 1. The molecule has 0 bridgehead atoms. The predicted octanol–water partition coefficient (Wildman–Crippen LogP) is 1.42. The lowest BCUT2D eigenvalue weighted by atomic mass is 10.0. The van der Waals surface area contributed by atoms with E-state index in [-0.39, 0.29) is 6.04 Å². The van der Waals surface area contributed by atoms with E-state index in [2.05, 4.69) is 22.0 Å². The third kappa shape index (κ3) is 3.22. The van der Waals surface area contributed by atoms with E-state index in [4.69, 9.17) is 0 Å². The first-order valence-corrected chi connectivity index (χ1v) is 9.11. The maximum Gasteiger partial charge on any atom is 0.241 e. The smallest absolute Gasteiger partial charge is 0.241 e. The van der Waals surface area contributed by atoms with Crippen LogP contribution in [-0.4, -0.2) is 46.0 Å². The van der Waals surface area contributed by atoms with Crippen LogP contribution >= 0.6 is 0 Å². The lowest BCUT2D eigenvalue weighted by Crippen LogP contribution is -2.43. The van der Waals surface area contributed by atoms with Gasteiger partial charge in [-0.2, -0.15) is 0 Å². The Labute approximate surface area is 126 Å². The summed E-state index contributed by atoms with van der Waals surface area (Å²) >= 11 is 0. The van der Waals surface area contributed by atoms with Crippen molar-refractivity contribution in [2.24, 2.45) is 0 Å². The molecular weight excluding hydrogens is 286 g/mol. The van der Waals surface area contributed by atoms with Gasteiger partial charge in [-0.05, 0) is 63.5 Å². The summed E-state index contributed by atoms with van der Waals surface area (Å²) in [7, 11) is -1.35. The molecule has 2 aliphatic heterocycles. The van der Waals surface area contributed by atoms with Crippen LogP contribution in [0.15, 0.2) is 23.1 Å². The van der Waals surface area contributed by atoms with Gasteiger partial charge in [-0.3, -0.25) is 0 Å². The zero-order valence-electron chi connectivity index (χ0n) is 12.4. The summed E-state index contributed by atoms with van der Waals surface area (Å²) in [5, 5.41) is 3.29. The Kier molecular flexibility index (Phi) is 4.19. The number of likely N-dealkylation sites (tertiary alicyclic amines) is 1. The van der Waals surface area contributed by atoms with Gasteiger partial charge in [-0.1, -0.05) is 6.07 Å². The molecule has 2 heterocycles. The van der Waals surface area contributed by atoms with Gasteiger partial charge >= 0.3 is 0 Å². The minimum Gasteiger partial charge on any atom is -0.385 e. The van der Waals surface area contributed by atoms with Gasteiger partial charge in [0.1, 0.15) is 0 Å². The predicted molar refractivity (Wildman–Crippen MR) is 84.1 cm³/mol. The topological polar surface area (TPSA) is 61.4 Å². The number of sulfonamides is 1. The highest BCUT2D eigenvalue weighted by Crippen LogP contribution is 2.28. The molecule has 2 aliphatic rings. The quantitative estimate of drug-likeness (QED) is 0.886. The van der Waals surface area contributed by atoms with E-state index in [0.29, 0.717) is 4.90 Å². The molecule has 1 aromatic carbocycles. The molecule has 0 saturated carbocycles. The van der Waals surface area contributed by atoms with Gasteiger partial charge in [0.15, 0.2) is 0 Å². The van der Waals surface area contributed by atoms with Gasteiger partial charge in [0.2, 0.25) is 10.0 Å². The summed E-state index contributed by atoms with van der Waals surface area (Å²) in [4.78, 5) is 2.69. The van der Waals surface area contributed by atoms with E-state index >= 15 is 0 Å². The first-order valence-electron chi connectivity index (χ1n) is 7.63. The summed E-state index contributed by atoms with van der Waals surface area (Å²) in [5.41, 5.74) is 1.90. The van der Waals surface area contributed by atoms with Crippen LogP contribution in [0.2, 0.25) is 0 Å². The van der Waals surface area contributed by atoms with Crippen LogP contribution in [0.5, 0.6) is 0 Å². The Morgan fingerprint density at radius 2 is 2.05 bits per heavy atom. The first-order chi connectivity index (χ1) is 10.1. The largest absolute Gasteiger partial charge is 0.385 e. The molecule has 2 N–H and O–H groups in total. The van der Waals surface area contributed by atoms with E-state index in [0.717, 1.165) is 56.6 Å². The third-order valence-electron chi connectivity index (χ3n) is 4.38. The zero-order chi connectivity index (χ0) is 14.9. The van der Waals surface area contributed by atoms with Crippen molar-refractivity contribution in [2.75, 3.05) is 32.0 Å². The zero-order valence-corrected chi connectivity index (χ0v) is 13.2. The molecule has 116 valence electrons. The van der Waals surface area contributed by atoms with Crippen molar-refractivity contribution in [1.29, 1.82) is 0 Å². The average Bonchev–Trinajstić information content (AvgIpc) is 2.49. The number of anilines is 1. The monoisotopic (exact) mass is 309 g/mol. The molecule has 0 unspecified atom stereocenters. The van der Waals surface area contributed by atoms with Crippen LogP contribution in [0.4, 0.5) is 5.69 Å². The second kappa shape index (κ2) is 5.94. The second-order valence-corrected chi connectivity index (χ2v) is 7.69. The number of hydrogen-bond acceptors (Lipinski definition) is 4. The first kappa shape index (κ1) is 14.8. The fraction of sp³-hybridized carbons (Fsp3) is 0.600. The molecule has 0 aromatic heterocycles. The number of hydrogen-bond donors (Lipinski definition) is 2. The Bertz CT molecular complexity index is 607. The fourth-order valence-electron chi connectivity index (χ4n) is 3.14. The second-order valence-electron chi connectivity index (χ2n) is 6.01. The Balaban J connectivity index is 1.82. The van der Waals surface area contributed by atoms with Crippen LogP contribution in [0, 0.1) is 0 Å². The minimum absolute atomic E-state index is 0.0543. The van der Waals surface area contributed by atoms with Gasteiger partial charge in [-0.15, -0.1) is 0 Å². The van der Waals surface area contributed by atoms with Gasteiger partial charge in [-0.25, -0.2) is 13.1 Å². The van der Waals surface area contributed by atoms with Crippen molar-refractivity contribution < 1.29 is 8.42 Å². The van der Waals surface area contributed by atoms with Crippen molar-refractivity contribution in [3.05, 3.63) is 23.8 Å². The number of piperidine rings is 1. The molecule has 0 amide bonds. The lowest BCUT2D eigenvalue weighted by Gasteiger charge is -2.30. The molecule has 0 atom stereocenters. The molecule has 0 spiro atoms. The molecule has 3 rings (SSSR count). The van der Waals surface area contributed by atoms with Crippen molar-refractivity contribution in [2.45, 2.75) is 36.6 Å². The van der Waals surface area contributed by atoms with Gasteiger partial charge in [0.05, 0.1) is 4.90 Å². The fourth-order valence-corrected chi connectivity index (χ4v) is 4.73. The van der Waals surface area contributed by atoms with E-state index < -0.39 is 10.0 Å². The molecule has 6 heteroatoms. The molecule has 1 aromatic rings. The SMILES string of the molecule is CN1CCC(NS(=O)(=O)c2cccc3c2CCCN3)CC1. The highest BCUT2D eigenvalue weighted by atomic mass is 32.2. The van der Waals surface area contributed by atoms with Crippen LogP contribution in [0.1, 0.15) is 24.8 Å². The van der Waals surface area contributed by atoms with Crippen LogP contribution in [0.25, 0.3) is 0 Å². The van der Waals surface area contributed by atoms with Crippen molar-refractivity contribution in [3.8, 4) is 0 Å². The maximum absolute atomic E-state index is 12.7. The highest BCUT2D eigenvalue weighted by Gasteiger charge is 2.26. The molecular formula is C15H23N3O2S. The molecule has 0 radical (unpaired) electrons. The van der Waals surface area contributed by atoms with E-state index in [1.807, 2.05) is 12.1 Å². The third-order valence-corrected chi connectivity index (χ3v) is 5.99. The number of nitrogens with one attached hydrogen (secondary N) is 2. The summed E-state index contributed by atoms with van der Waals surface area (Å²) in [6, 6.07) is 5.56. The summed E-state index contributed by atoms with van der Waals surface area (Å²) in [6.07, 6.45) is 3.56. The van der Waals surface area contributed by atoms with Crippen LogP contribution in [-0.2, 0) is 16.4 Å². The lowest BCUT2D eigenvalue weighted by molar-refractivity contribution is 0.248. The van der Waals surface area contributed by atoms with Gasteiger partial charge in [0, 0.05) is 18.3 Å². The molecule has 0 aliphatic carbocycles. The van der Waals surface area contributed by atoms with Gasteiger partial charge in [0.25, 0.3) is 0 Å². The summed E-state index contributed by atoms with van der Waals surface area (Å²) < 4.78 is 28.3. The molecule has 1 saturated heterocycles. The Hall–Kier alpha value is -1.11. The Morgan fingerprint density at radius 1 is 1.29 bits per heavy atom. The molecule has 21 heavy (non-hydrogen) atoms. The minimum atomic E-state index is -3.43. The van der Waals surface area contributed by atoms with E-state index in [1.165, 1.54) is 0 Å². The molecule has 5 nitrogen and oxygen atoms in total. The number of rotatable bonds is 3. The van der Waals surface area contributed by atoms with Crippen molar-refractivity contribution >= 4 is 15.7 Å². The van der Waals surface area contributed by atoms with Crippen LogP contribution in [0.3, 0.4) is 0 Å². The standard InChI is InChI=1S/C15H23N3O2S/c1-18-10-7-12(8-11-18)17-21(19,20)15-6-2-5-14-13(15)4-3-9-16-14/h2,5-6,12,16-17H,3-4,7-11H2,1H3. The molecule has 1 fully saturated rings. The average molecular weight is 309 g/mol. The number of fused-ring (bicyclic) bond motifs is 1. The van der Waals surface area contributed by atoms with Gasteiger partial charge < -0.3 is 10.2 Å². The maximum atomic E-state index is 12.7. The summed E-state index contributed by atoms with van der Waals surface area (Å²) in [6.45, 7) is 2.81.